The Hall–Kier alpha value is -0.0831. The maximum atomic E-state index is 6.59. The van der Waals surface area contributed by atoms with E-state index < -0.39 is 8.32 Å². The summed E-state index contributed by atoms with van der Waals surface area (Å²) in [4.78, 5) is 0. The van der Waals surface area contributed by atoms with Crippen LogP contribution in [0, 0.1) is 52.3 Å². The fraction of sp³-hybridized carbons (Fsp3) is 0.938. The van der Waals surface area contributed by atoms with Gasteiger partial charge in [-0.15, -0.1) is 0 Å². The molecule has 2 heteroatoms. The summed E-state index contributed by atoms with van der Waals surface area (Å²) in [6, 6.07) is 0. The molecule has 1 unspecified atom stereocenters. The van der Waals surface area contributed by atoms with Gasteiger partial charge in [0.15, 0.2) is 8.32 Å². The Morgan fingerprint density at radius 1 is 0.971 bits per heavy atom. The van der Waals surface area contributed by atoms with Gasteiger partial charge in [0.1, 0.15) is 0 Å². The highest BCUT2D eigenvalue weighted by molar-refractivity contribution is 6.69. The third kappa shape index (κ3) is 5.03. The average molecular weight is 487 g/mol. The fourth-order valence-corrected chi connectivity index (χ4v) is 11.1. The van der Waals surface area contributed by atoms with Gasteiger partial charge in [0.05, 0.1) is 0 Å². The number of fused-ring (bicyclic) bond motifs is 5. The third-order valence-electron chi connectivity index (χ3n) is 11.8. The molecule has 0 aromatic heterocycles. The second kappa shape index (κ2) is 10.00. The summed E-state index contributed by atoms with van der Waals surface area (Å²) < 4.78 is 6.59. The molecule has 0 radical (unpaired) electrons. The normalized spacial score (nSPS) is 41.9. The van der Waals surface area contributed by atoms with Crippen molar-refractivity contribution in [2.24, 2.45) is 52.3 Å². The molecule has 4 rings (SSSR count). The maximum absolute atomic E-state index is 6.59. The van der Waals surface area contributed by atoms with Gasteiger partial charge in [0.25, 0.3) is 0 Å². The first-order valence-electron chi connectivity index (χ1n) is 15.3. The molecule has 0 heterocycles. The summed E-state index contributed by atoms with van der Waals surface area (Å²) in [5.74, 6) is 6.47. The Balaban J connectivity index is 1.45. The molecule has 0 saturated heterocycles. The van der Waals surface area contributed by atoms with E-state index in [1.54, 1.807) is 5.57 Å². The van der Waals surface area contributed by atoms with Gasteiger partial charge in [0, 0.05) is 6.10 Å². The topological polar surface area (TPSA) is 9.23 Å². The first-order chi connectivity index (χ1) is 15.9. The molecule has 0 aliphatic heterocycles. The van der Waals surface area contributed by atoms with E-state index in [2.05, 4.69) is 67.3 Å². The van der Waals surface area contributed by atoms with Crippen LogP contribution < -0.4 is 0 Å². The van der Waals surface area contributed by atoms with Crippen LogP contribution in [0.3, 0.4) is 0 Å². The lowest BCUT2D eigenvalue weighted by Crippen LogP contribution is -2.51. The smallest absolute Gasteiger partial charge is 0.184 e. The molecular weight excluding hydrogens is 428 g/mol. The Morgan fingerprint density at radius 3 is 2.35 bits per heavy atom. The van der Waals surface area contributed by atoms with Crippen molar-refractivity contribution in [2.75, 3.05) is 0 Å². The fourth-order valence-electron chi connectivity index (χ4n) is 9.89. The minimum Gasteiger partial charge on any atom is -0.414 e. The van der Waals surface area contributed by atoms with Crippen LogP contribution in [0.1, 0.15) is 112 Å². The van der Waals surface area contributed by atoms with Crippen LogP contribution in [0.5, 0.6) is 0 Å². The summed E-state index contributed by atoms with van der Waals surface area (Å²) in [5.41, 5.74) is 2.84. The van der Waals surface area contributed by atoms with Crippen LogP contribution in [0.15, 0.2) is 11.6 Å². The van der Waals surface area contributed by atoms with E-state index in [9.17, 15) is 0 Å². The lowest BCUT2D eigenvalue weighted by Gasteiger charge is -2.58. The van der Waals surface area contributed by atoms with Crippen LogP contribution in [0.2, 0.25) is 19.6 Å². The molecule has 3 saturated carbocycles. The summed E-state index contributed by atoms with van der Waals surface area (Å²) in [7, 11) is -1.46. The zero-order valence-electron chi connectivity index (χ0n) is 24.4. The summed E-state index contributed by atoms with van der Waals surface area (Å²) in [6.45, 7) is 22.4. The quantitative estimate of drug-likeness (QED) is 0.245. The molecule has 196 valence electrons. The predicted octanol–water partition coefficient (Wildman–Crippen LogP) is 9.88. The molecule has 1 nitrogen and oxygen atoms in total. The summed E-state index contributed by atoms with van der Waals surface area (Å²) >= 11 is 0. The lowest BCUT2D eigenvalue weighted by molar-refractivity contribution is -0.0565. The highest BCUT2D eigenvalue weighted by Gasteiger charge is 2.59. The second-order valence-corrected chi connectivity index (χ2v) is 19.5. The van der Waals surface area contributed by atoms with Gasteiger partial charge in [-0.3, -0.25) is 0 Å². The molecule has 3 fully saturated rings. The predicted molar refractivity (Wildman–Crippen MR) is 150 cm³/mol. The molecule has 0 spiro atoms. The molecule has 34 heavy (non-hydrogen) atoms. The summed E-state index contributed by atoms with van der Waals surface area (Å²) in [5, 5.41) is 0. The van der Waals surface area contributed by atoms with Crippen LogP contribution >= 0.6 is 0 Å². The van der Waals surface area contributed by atoms with Gasteiger partial charge in [-0.1, -0.05) is 66.0 Å². The number of allylic oxidation sites excluding steroid dienone is 1. The van der Waals surface area contributed by atoms with E-state index in [-0.39, 0.29) is 0 Å². The highest BCUT2D eigenvalue weighted by atomic mass is 28.4. The van der Waals surface area contributed by atoms with Crippen molar-refractivity contribution in [3.8, 4) is 0 Å². The van der Waals surface area contributed by atoms with Crippen LogP contribution in [-0.2, 0) is 4.43 Å². The summed E-state index contributed by atoms with van der Waals surface area (Å²) in [6.07, 6.45) is 18.7. The average Bonchev–Trinajstić information content (AvgIpc) is 3.10. The second-order valence-electron chi connectivity index (χ2n) is 15.0. The van der Waals surface area contributed by atoms with E-state index in [4.69, 9.17) is 4.43 Å². The van der Waals surface area contributed by atoms with Gasteiger partial charge in [-0.05, 0) is 130 Å². The van der Waals surface area contributed by atoms with E-state index in [1.165, 1.54) is 70.6 Å². The monoisotopic (exact) mass is 486 g/mol. The van der Waals surface area contributed by atoms with Crippen LogP contribution in [0.4, 0.5) is 0 Å². The standard InChI is InChI=1S/C32H58OSi/c1-10-24(22(2)3)12-11-23(4)28-15-16-29-27-14-13-25-21-26(33-34(7,8)9)17-19-31(25,5)30(27)18-20-32(28,29)6/h13,22-24,26-30H,10-12,14-21H2,1-9H3/t23-,24+,26+,27?,28-,29+,30+,31+,32-/m1/s1. The van der Waals surface area contributed by atoms with Crippen molar-refractivity contribution >= 4 is 8.32 Å². The zero-order valence-corrected chi connectivity index (χ0v) is 25.4. The van der Waals surface area contributed by atoms with Gasteiger partial charge in [-0.25, -0.2) is 0 Å². The first kappa shape index (κ1) is 27.0. The molecular formula is C32H58OSi. The van der Waals surface area contributed by atoms with Crippen LogP contribution in [-0.4, -0.2) is 14.4 Å². The van der Waals surface area contributed by atoms with Gasteiger partial charge in [0.2, 0.25) is 0 Å². The number of hydrogen-bond donors (Lipinski definition) is 0. The van der Waals surface area contributed by atoms with E-state index >= 15 is 0 Å². The van der Waals surface area contributed by atoms with E-state index in [1.807, 2.05) is 0 Å². The molecule has 4 aliphatic rings. The zero-order chi connectivity index (χ0) is 24.9. The molecule has 4 aliphatic carbocycles. The lowest BCUT2D eigenvalue weighted by atomic mass is 9.47. The van der Waals surface area contributed by atoms with Crippen LogP contribution in [0.25, 0.3) is 0 Å². The minimum absolute atomic E-state index is 0.457. The minimum atomic E-state index is -1.46. The van der Waals surface area contributed by atoms with Crippen molar-refractivity contribution in [3.05, 3.63) is 11.6 Å². The van der Waals surface area contributed by atoms with Gasteiger partial charge in [-0.2, -0.15) is 0 Å². The van der Waals surface area contributed by atoms with Crippen molar-refractivity contribution in [1.82, 2.24) is 0 Å². The van der Waals surface area contributed by atoms with Crippen molar-refractivity contribution in [2.45, 2.75) is 138 Å². The van der Waals surface area contributed by atoms with Gasteiger partial charge >= 0.3 is 0 Å². The van der Waals surface area contributed by atoms with E-state index in [0.717, 1.165) is 41.4 Å². The van der Waals surface area contributed by atoms with Crippen molar-refractivity contribution in [3.63, 3.8) is 0 Å². The highest BCUT2D eigenvalue weighted by Crippen LogP contribution is 2.67. The maximum Gasteiger partial charge on any atom is 0.184 e. The molecule has 0 aromatic carbocycles. The largest absolute Gasteiger partial charge is 0.414 e. The Bertz CT molecular complexity index is 734. The SMILES string of the molecule is CC[C@@H](CC[C@@H](C)[C@H]1CC[C@H]2C3CC=C4C[C@@H](O[Si](C)(C)C)CC[C@]4(C)[C@H]3CC[C@]12C)C(C)C. The Kier molecular flexibility index (Phi) is 7.93. The Labute approximate surface area is 214 Å². The third-order valence-corrected chi connectivity index (χ3v) is 12.8. The van der Waals surface area contributed by atoms with E-state index in [0.29, 0.717) is 16.9 Å². The van der Waals surface area contributed by atoms with Crippen molar-refractivity contribution < 1.29 is 4.43 Å². The first-order valence-corrected chi connectivity index (χ1v) is 18.7. The Morgan fingerprint density at radius 2 is 1.71 bits per heavy atom. The molecule has 0 N–H and O–H groups in total. The molecule has 0 bridgehead atoms. The molecule has 9 atom stereocenters. The van der Waals surface area contributed by atoms with Gasteiger partial charge < -0.3 is 4.43 Å². The van der Waals surface area contributed by atoms with Crippen molar-refractivity contribution in [1.29, 1.82) is 0 Å². The molecule has 0 amide bonds. The number of hydrogen-bond acceptors (Lipinski definition) is 1. The molecule has 0 aromatic rings. The number of rotatable bonds is 8.